The van der Waals surface area contributed by atoms with Crippen LogP contribution in [0.4, 0.5) is 0 Å². The van der Waals surface area contributed by atoms with Crippen LogP contribution >= 0.6 is 11.9 Å². The maximum atomic E-state index is 4.24. The van der Waals surface area contributed by atoms with Gasteiger partial charge in [0.1, 0.15) is 0 Å². The highest BCUT2D eigenvalue weighted by Gasteiger charge is 2.08. The molecule has 0 saturated heterocycles. The van der Waals surface area contributed by atoms with Crippen molar-refractivity contribution >= 4 is 18.2 Å². The second kappa shape index (κ2) is 5.81. The van der Waals surface area contributed by atoms with Crippen molar-refractivity contribution in [3.05, 3.63) is 37.0 Å². The Morgan fingerprint density at radius 2 is 1.92 bits per heavy atom. The molecule has 0 heterocycles. The normalized spacial score (nSPS) is 13.3. The summed E-state index contributed by atoms with van der Waals surface area (Å²) in [6.07, 6.45) is 7.16. The SMILES string of the molecule is C=C/C=C(C=C)/C=N/SC(C)(C)C. The summed E-state index contributed by atoms with van der Waals surface area (Å²) < 4.78 is 4.40. The van der Waals surface area contributed by atoms with Crippen molar-refractivity contribution in [2.45, 2.75) is 25.5 Å². The van der Waals surface area contributed by atoms with Gasteiger partial charge in [-0.2, -0.15) is 0 Å². The highest BCUT2D eigenvalue weighted by atomic mass is 32.2. The molecule has 1 nitrogen and oxygen atoms in total. The fourth-order valence-electron chi connectivity index (χ4n) is 0.545. The molecule has 0 aliphatic rings. The van der Waals surface area contributed by atoms with E-state index in [1.54, 1.807) is 30.3 Å². The van der Waals surface area contributed by atoms with Crippen molar-refractivity contribution in [2.75, 3.05) is 0 Å². The van der Waals surface area contributed by atoms with Gasteiger partial charge in [0.25, 0.3) is 0 Å². The molecule has 0 saturated carbocycles. The monoisotopic (exact) mass is 195 g/mol. The summed E-state index contributed by atoms with van der Waals surface area (Å²) in [6.45, 7) is 13.7. The molecule has 0 fully saturated rings. The molecule has 0 amide bonds. The van der Waals surface area contributed by atoms with E-state index in [9.17, 15) is 0 Å². The maximum absolute atomic E-state index is 4.24. The van der Waals surface area contributed by atoms with Crippen molar-refractivity contribution in [3.63, 3.8) is 0 Å². The van der Waals surface area contributed by atoms with Gasteiger partial charge in [-0.3, -0.25) is 0 Å². The van der Waals surface area contributed by atoms with Crippen molar-refractivity contribution in [3.8, 4) is 0 Å². The minimum Gasteiger partial charge on any atom is -0.223 e. The first-order chi connectivity index (χ1) is 5.99. The van der Waals surface area contributed by atoms with Crippen molar-refractivity contribution < 1.29 is 0 Å². The van der Waals surface area contributed by atoms with Gasteiger partial charge in [0.2, 0.25) is 0 Å². The van der Waals surface area contributed by atoms with E-state index in [0.29, 0.717) is 0 Å². The molecule has 0 radical (unpaired) electrons. The summed E-state index contributed by atoms with van der Waals surface area (Å²) in [5.41, 5.74) is 0.978. The summed E-state index contributed by atoms with van der Waals surface area (Å²) in [4.78, 5) is 0. The number of hydrogen-bond donors (Lipinski definition) is 0. The Hall–Kier alpha value is -0.760. The van der Waals surface area contributed by atoms with E-state index in [0.717, 1.165) is 5.57 Å². The zero-order valence-corrected chi connectivity index (χ0v) is 9.40. The van der Waals surface area contributed by atoms with Gasteiger partial charge >= 0.3 is 0 Å². The van der Waals surface area contributed by atoms with Gasteiger partial charge in [0.05, 0.1) is 0 Å². The number of nitrogens with zero attached hydrogens (tertiary/aromatic N) is 1. The summed E-state index contributed by atoms with van der Waals surface area (Å²) in [5, 5.41) is 0. The summed E-state index contributed by atoms with van der Waals surface area (Å²) in [6, 6.07) is 0. The van der Waals surface area contributed by atoms with Crippen LogP contribution in [-0.4, -0.2) is 11.0 Å². The van der Waals surface area contributed by atoms with E-state index >= 15 is 0 Å². The summed E-state index contributed by atoms with van der Waals surface area (Å²) in [7, 11) is 0. The molecule has 0 aliphatic heterocycles. The van der Waals surface area contributed by atoms with Crippen LogP contribution in [0.1, 0.15) is 20.8 Å². The Balaban J connectivity index is 4.17. The first-order valence-corrected chi connectivity index (χ1v) is 4.93. The third-order valence-corrected chi connectivity index (χ3v) is 1.83. The molecule has 0 N–H and O–H groups in total. The molecule has 0 aromatic heterocycles. The van der Waals surface area contributed by atoms with Crippen LogP contribution in [0.25, 0.3) is 0 Å². The van der Waals surface area contributed by atoms with Gasteiger partial charge in [-0.05, 0) is 38.3 Å². The van der Waals surface area contributed by atoms with Crippen LogP contribution in [-0.2, 0) is 0 Å². The molecule has 0 rings (SSSR count). The largest absolute Gasteiger partial charge is 0.223 e. The van der Waals surface area contributed by atoms with Gasteiger partial charge in [0.15, 0.2) is 0 Å². The highest BCUT2D eigenvalue weighted by molar-refractivity contribution is 7.99. The van der Waals surface area contributed by atoms with Gasteiger partial charge < -0.3 is 0 Å². The van der Waals surface area contributed by atoms with Gasteiger partial charge in [-0.1, -0.05) is 31.4 Å². The van der Waals surface area contributed by atoms with Gasteiger partial charge in [-0.15, -0.1) is 0 Å². The second-order valence-electron chi connectivity index (χ2n) is 3.54. The zero-order valence-electron chi connectivity index (χ0n) is 8.58. The molecular formula is C11H17NS. The fraction of sp³-hybridized carbons (Fsp3) is 0.364. The van der Waals surface area contributed by atoms with Crippen LogP contribution in [0.3, 0.4) is 0 Å². The standard InChI is InChI=1S/C11H17NS/c1-6-8-10(7-2)9-12-13-11(3,4)5/h6-9H,1-2H2,3-5H3/b10-8+,12-9+. The van der Waals surface area contributed by atoms with Crippen molar-refractivity contribution in [2.24, 2.45) is 4.40 Å². The molecule has 0 aromatic carbocycles. The molecule has 0 aliphatic carbocycles. The molecule has 0 atom stereocenters. The van der Waals surface area contributed by atoms with Crippen LogP contribution in [0.2, 0.25) is 0 Å². The lowest BCUT2D eigenvalue weighted by molar-refractivity contribution is 0.804. The quantitative estimate of drug-likeness (QED) is 0.377. The molecule has 72 valence electrons. The third-order valence-electron chi connectivity index (χ3n) is 1.07. The second-order valence-corrected chi connectivity index (χ2v) is 5.16. The van der Waals surface area contributed by atoms with Crippen LogP contribution in [0.15, 0.2) is 41.4 Å². The van der Waals surface area contributed by atoms with E-state index in [1.165, 1.54) is 0 Å². The summed E-state index contributed by atoms with van der Waals surface area (Å²) >= 11 is 1.55. The predicted octanol–water partition coefficient (Wildman–Crippen LogP) is 3.80. The van der Waals surface area contributed by atoms with Crippen LogP contribution < -0.4 is 0 Å². The summed E-state index contributed by atoms with van der Waals surface area (Å²) in [5.74, 6) is 0. The maximum Gasteiger partial charge on any atom is 0.0423 e. The first-order valence-electron chi connectivity index (χ1n) is 4.16. The van der Waals surface area contributed by atoms with Gasteiger partial charge in [-0.25, -0.2) is 4.40 Å². The Morgan fingerprint density at radius 1 is 1.31 bits per heavy atom. The predicted molar refractivity (Wildman–Crippen MR) is 64.3 cm³/mol. The van der Waals surface area contributed by atoms with E-state index in [2.05, 4.69) is 38.3 Å². The average molecular weight is 195 g/mol. The molecule has 0 aromatic rings. The molecule has 13 heavy (non-hydrogen) atoms. The fourth-order valence-corrected chi connectivity index (χ4v) is 1.04. The van der Waals surface area contributed by atoms with Crippen molar-refractivity contribution in [1.29, 1.82) is 0 Å². The molecular weight excluding hydrogens is 178 g/mol. The number of hydrogen-bond acceptors (Lipinski definition) is 2. The first kappa shape index (κ1) is 12.2. The van der Waals surface area contributed by atoms with E-state index in [-0.39, 0.29) is 4.75 Å². The van der Waals surface area contributed by atoms with E-state index in [4.69, 9.17) is 0 Å². The minimum absolute atomic E-state index is 0.164. The Bertz CT molecular complexity index is 231. The molecule has 0 unspecified atom stereocenters. The number of allylic oxidation sites excluding steroid dienone is 4. The average Bonchev–Trinajstić information content (AvgIpc) is 2.01. The smallest absolute Gasteiger partial charge is 0.0423 e. The van der Waals surface area contributed by atoms with Crippen LogP contribution in [0.5, 0.6) is 0 Å². The Labute approximate surface area is 85.5 Å². The number of rotatable bonds is 4. The Kier molecular flexibility index (Phi) is 5.47. The molecule has 2 heteroatoms. The van der Waals surface area contributed by atoms with E-state index < -0.39 is 0 Å². The molecule has 0 bridgehead atoms. The van der Waals surface area contributed by atoms with E-state index in [1.807, 2.05) is 6.08 Å². The lowest BCUT2D eigenvalue weighted by Gasteiger charge is -2.12. The Morgan fingerprint density at radius 3 is 2.31 bits per heavy atom. The molecule has 0 spiro atoms. The van der Waals surface area contributed by atoms with Crippen LogP contribution in [0, 0.1) is 0 Å². The highest BCUT2D eigenvalue weighted by Crippen LogP contribution is 2.23. The van der Waals surface area contributed by atoms with Gasteiger partial charge in [0, 0.05) is 11.0 Å². The lowest BCUT2D eigenvalue weighted by atomic mass is 10.3. The minimum atomic E-state index is 0.164. The topological polar surface area (TPSA) is 12.4 Å². The third kappa shape index (κ3) is 7.60. The lowest BCUT2D eigenvalue weighted by Crippen LogP contribution is -2.04. The van der Waals surface area contributed by atoms with Crippen molar-refractivity contribution in [1.82, 2.24) is 0 Å². The zero-order chi connectivity index (χ0) is 10.3.